The Morgan fingerprint density at radius 2 is 1.60 bits per heavy atom. The van der Waals surface area contributed by atoms with E-state index >= 15 is 0 Å². The van der Waals surface area contributed by atoms with Gasteiger partial charge in [0.1, 0.15) is 12.2 Å². The van der Waals surface area contributed by atoms with Gasteiger partial charge in [0, 0.05) is 5.69 Å². The molecule has 2 aromatic carbocycles. The van der Waals surface area contributed by atoms with E-state index in [9.17, 15) is 9.59 Å². The van der Waals surface area contributed by atoms with Gasteiger partial charge in [0.05, 0.1) is 11.8 Å². The molecule has 0 saturated carbocycles. The zero-order chi connectivity index (χ0) is 18.4. The number of carbonyl (C=O) groups is 2. The largest absolute Gasteiger partial charge is 0.489 e. The van der Waals surface area contributed by atoms with E-state index in [-0.39, 0.29) is 24.3 Å². The second kappa shape index (κ2) is 8.33. The van der Waals surface area contributed by atoms with Crippen LogP contribution in [0, 0.1) is 13.8 Å². The number of aryl methyl sites for hydroxylation is 2. The van der Waals surface area contributed by atoms with Gasteiger partial charge in [-0.15, -0.1) is 0 Å². The third-order valence-electron chi connectivity index (χ3n) is 3.51. The van der Waals surface area contributed by atoms with Gasteiger partial charge in [-0.3, -0.25) is 9.59 Å². The molecule has 2 N–H and O–H groups in total. The standard InChI is InChI=1S/C20H24N2O3/c1-13(2)25-18-8-6-5-7-16(18)21-19(23)12-20(24)22-17-11-14(3)9-10-15(17)4/h5-11,13H,12H2,1-4H3,(H,21,23)(H,22,24). The van der Waals surface area contributed by atoms with Crippen molar-refractivity contribution in [2.75, 3.05) is 10.6 Å². The molecule has 0 radical (unpaired) electrons. The second-order valence-electron chi connectivity index (χ2n) is 6.25. The van der Waals surface area contributed by atoms with Gasteiger partial charge in [-0.1, -0.05) is 24.3 Å². The molecule has 0 atom stereocenters. The van der Waals surface area contributed by atoms with E-state index < -0.39 is 0 Å². The van der Waals surface area contributed by atoms with Crippen LogP contribution in [0.3, 0.4) is 0 Å². The number of nitrogens with one attached hydrogen (secondary N) is 2. The quantitative estimate of drug-likeness (QED) is 0.779. The molecule has 0 bridgehead atoms. The highest BCUT2D eigenvalue weighted by Crippen LogP contribution is 2.25. The number of ether oxygens (including phenoxy) is 1. The van der Waals surface area contributed by atoms with E-state index in [0.717, 1.165) is 16.8 Å². The van der Waals surface area contributed by atoms with Gasteiger partial charge >= 0.3 is 0 Å². The summed E-state index contributed by atoms with van der Waals surface area (Å²) >= 11 is 0. The van der Waals surface area contributed by atoms with Crippen molar-refractivity contribution in [1.29, 1.82) is 0 Å². The highest BCUT2D eigenvalue weighted by atomic mass is 16.5. The van der Waals surface area contributed by atoms with Crippen molar-refractivity contribution in [3.8, 4) is 5.75 Å². The van der Waals surface area contributed by atoms with E-state index in [1.54, 1.807) is 18.2 Å². The SMILES string of the molecule is Cc1ccc(C)c(NC(=O)CC(=O)Nc2ccccc2OC(C)C)c1. The molecule has 0 spiro atoms. The summed E-state index contributed by atoms with van der Waals surface area (Å²) < 4.78 is 5.66. The van der Waals surface area contributed by atoms with Gasteiger partial charge in [0.2, 0.25) is 11.8 Å². The van der Waals surface area contributed by atoms with E-state index in [1.807, 2.05) is 52.0 Å². The summed E-state index contributed by atoms with van der Waals surface area (Å²) in [6.45, 7) is 7.69. The molecular formula is C20H24N2O3. The summed E-state index contributed by atoms with van der Waals surface area (Å²) in [5.74, 6) is -0.156. The Hall–Kier alpha value is -2.82. The number of para-hydroxylation sites is 2. The van der Waals surface area contributed by atoms with Crippen molar-refractivity contribution in [3.63, 3.8) is 0 Å². The van der Waals surface area contributed by atoms with Gasteiger partial charge < -0.3 is 15.4 Å². The van der Waals surface area contributed by atoms with Crippen molar-refractivity contribution in [1.82, 2.24) is 0 Å². The lowest BCUT2D eigenvalue weighted by atomic mass is 10.1. The molecule has 2 rings (SSSR count). The van der Waals surface area contributed by atoms with E-state index in [2.05, 4.69) is 10.6 Å². The summed E-state index contributed by atoms with van der Waals surface area (Å²) in [6, 6.07) is 13.0. The average Bonchev–Trinajstić information content (AvgIpc) is 2.52. The molecule has 0 unspecified atom stereocenters. The topological polar surface area (TPSA) is 67.4 Å². The Kier molecular flexibility index (Phi) is 6.17. The highest BCUT2D eigenvalue weighted by molar-refractivity contribution is 6.08. The maximum absolute atomic E-state index is 12.2. The van der Waals surface area contributed by atoms with Crippen molar-refractivity contribution >= 4 is 23.2 Å². The monoisotopic (exact) mass is 340 g/mol. The molecule has 0 aromatic heterocycles. The third kappa shape index (κ3) is 5.64. The van der Waals surface area contributed by atoms with Crippen molar-refractivity contribution in [2.45, 2.75) is 40.2 Å². The third-order valence-corrected chi connectivity index (χ3v) is 3.51. The highest BCUT2D eigenvalue weighted by Gasteiger charge is 2.13. The van der Waals surface area contributed by atoms with Crippen LogP contribution in [0.15, 0.2) is 42.5 Å². The first-order valence-electron chi connectivity index (χ1n) is 8.28. The van der Waals surface area contributed by atoms with Crippen LogP contribution in [0.1, 0.15) is 31.4 Å². The van der Waals surface area contributed by atoms with Crippen molar-refractivity contribution in [3.05, 3.63) is 53.6 Å². The number of anilines is 2. The zero-order valence-corrected chi connectivity index (χ0v) is 15.1. The molecule has 132 valence electrons. The molecular weight excluding hydrogens is 316 g/mol. The van der Waals surface area contributed by atoms with Crippen LogP contribution < -0.4 is 15.4 Å². The first-order valence-corrected chi connectivity index (χ1v) is 8.28. The normalized spacial score (nSPS) is 10.4. The smallest absolute Gasteiger partial charge is 0.233 e. The van der Waals surface area contributed by atoms with Crippen LogP contribution in [-0.2, 0) is 9.59 Å². The lowest BCUT2D eigenvalue weighted by molar-refractivity contribution is -0.123. The Morgan fingerprint density at radius 3 is 2.28 bits per heavy atom. The summed E-state index contributed by atoms with van der Waals surface area (Å²) in [5.41, 5.74) is 3.28. The number of carbonyl (C=O) groups excluding carboxylic acids is 2. The van der Waals surface area contributed by atoms with Crippen LogP contribution in [0.5, 0.6) is 5.75 Å². The predicted molar refractivity (Wildman–Crippen MR) is 100.0 cm³/mol. The number of benzene rings is 2. The van der Waals surface area contributed by atoms with Crippen LogP contribution in [0.4, 0.5) is 11.4 Å². The summed E-state index contributed by atoms with van der Waals surface area (Å²) in [6.07, 6.45) is -0.269. The summed E-state index contributed by atoms with van der Waals surface area (Å²) in [7, 11) is 0. The molecule has 0 aliphatic heterocycles. The molecule has 2 aromatic rings. The molecule has 0 saturated heterocycles. The lowest BCUT2D eigenvalue weighted by Gasteiger charge is -2.15. The minimum Gasteiger partial charge on any atom is -0.489 e. The van der Waals surface area contributed by atoms with E-state index in [4.69, 9.17) is 4.74 Å². The van der Waals surface area contributed by atoms with E-state index in [1.165, 1.54) is 0 Å². The molecule has 5 nitrogen and oxygen atoms in total. The first kappa shape index (κ1) is 18.5. The van der Waals surface area contributed by atoms with Gasteiger partial charge in [-0.05, 0) is 57.0 Å². The molecule has 0 fully saturated rings. The van der Waals surface area contributed by atoms with Crippen LogP contribution >= 0.6 is 0 Å². The van der Waals surface area contributed by atoms with Crippen LogP contribution in [-0.4, -0.2) is 17.9 Å². The van der Waals surface area contributed by atoms with E-state index in [0.29, 0.717) is 11.4 Å². The fourth-order valence-electron chi connectivity index (χ4n) is 2.33. The van der Waals surface area contributed by atoms with Gasteiger partial charge in [0.25, 0.3) is 0 Å². The number of amides is 2. The molecule has 2 amide bonds. The first-order chi connectivity index (χ1) is 11.8. The molecule has 25 heavy (non-hydrogen) atoms. The minimum absolute atomic E-state index is 0.00866. The second-order valence-corrected chi connectivity index (χ2v) is 6.25. The van der Waals surface area contributed by atoms with Gasteiger partial charge in [-0.25, -0.2) is 0 Å². The minimum atomic E-state index is -0.386. The fraction of sp³-hybridized carbons (Fsp3) is 0.300. The van der Waals surface area contributed by atoms with Crippen LogP contribution in [0.2, 0.25) is 0 Å². The Balaban J connectivity index is 1.98. The average molecular weight is 340 g/mol. The maximum Gasteiger partial charge on any atom is 0.233 e. The number of rotatable bonds is 6. The zero-order valence-electron chi connectivity index (χ0n) is 15.1. The summed E-state index contributed by atoms with van der Waals surface area (Å²) in [4.78, 5) is 24.3. The molecule has 0 aliphatic rings. The number of hydrogen-bond acceptors (Lipinski definition) is 3. The Bertz CT molecular complexity index is 769. The van der Waals surface area contributed by atoms with Crippen molar-refractivity contribution in [2.24, 2.45) is 0 Å². The Labute approximate surface area is 148 Å². The lowest BCUT2D eigenvalue weighted by Crippen LogP contribution is -2.22. The summed E-state index contributed by atoms with van der Waals surface area (Å²) in [5, 5.41) is 5.52. The van der Waals surface area contributed by atoms with Gasteiger partial charge in [0.15, 0.2) is 0 Å². The molecule has 5 heteroatoms. The van der Waals surface area contributed by atoms with Gasteiger partial charge in [-0.2, -0.15) is 0 Å². The predicted octanol–water partition coefficient (Wildman–Crippen LogP) is 4.06. The van der Waals surface area contributed by atoms with Crippen molar-refractivity contribution < 1.29 is 14.3 Å². The molecule has 0 aliphatic carbocycles. The Morgan fingerprint density at radius 1 is 0.960 bits per heavy atom. The maximum atomic E-state index is 12.2. The van der Waals surface area contributed by atoms with Crippen LogP contribution in [0.25, 0.3) is 0 Å². The number of hydrogen-bond donors (Lipinski definition) is 2. The molecule has 0 heterocycles. The fourth-order valence-corrected chi connectivity index (χ4v) is 2.33.